The van der Waals surface area contributed by atoms with Gasteiger partial charge in [0.1, 0.15) is 0 Å². The Morgan fingerprint density at radius 2 is 2.04 bits per heavy atom. The van der Waals surface area contributed by atoms with Gasteiger partial charge in [-0.25, -0.2) is 9.67 Å². The first-order valence-electron chi connectivity index (χ1n) is 8.00. The fourth-order valence-electron chi connectivity index (χ4n) is 2.53. The molecule has 0 bridgehead atoms. The van der Waals surface area contributed by atoms with Gasteiger partial charge >= 0.3 is 5.97 Å². The van der Waals surface area contributed by atoms with Crippen molar-refractivity contribution in [2.45, 2.75) is 59.0 Å². The number of aliphatic carboxylic acids is 1. The van der Waals surface area contributed by atoms with Crippen molar-refractivity contribution in [3.8, 4) is 0 Å². The molecule has 0 radical (unpaired) electrons. The smallest absolute Gasteiger partial charge is 0.303 e. The molecule has 0 saturated heterocycles. The van der Waals surface area contributed by atoms with Crippen molar-refractivity contribution in [1.82, 2.24) is 20.1 Å². The molecule has 0 aliphatic heterocycles. The lowest BCUT2D eigenvalue weighted by molar-refractivity contribution is -0.137. The number of rotatable bonds is 6. The Morgan fingerprint density at radius 3 is 2.62 bits per heavy atom. The summed E-state index contributed by atoms with van der Waals surface area (Å²) in [4.78, 5) is 27.8. The molecule has 24 heavy (non-hydrogen) atoms. The number of hydrogen-bond donors (Lipinski definition) is 2. The van der Waals surface area contributed by atoms with E-state index < -0.39 is 11.5 Å². The van der Waals surface area contributed by atoms with E-state index >= 15 is 0 Å². The molecular formula is C17H24N4O3. The maximum atomic E-state index is 12.6. The molecule has 2 aromatic rings. The highest BCUT2D eigenvalue weighted by Crippen LogP contribution is 2.20. The molecule has 0 aromatic carbocycles. The third-order valence-electron chi connectivity index (χ3n) is 3.91. The first-order valence-corrected chi connectivity index (χ1v) is 8.00. The van der Waals surface area contributed by atoms with Crippen molar-refractivity contribution in [3.63, 3.8) is 0 Å². The third-order valence-corrected chi connectivity index (χ3v) is 3.91. The van der Waals surface area contributed by atoms with Crippen molar-refractivity contribution in [2.75, 3.05) is 0 Å². The number of carboxylic acids is 1. The van der Waals surface area contributed by atoms with Gasteiger partial charge in [0.2, 0.25) is 0 Å². The van der Waals surface area contributed by atoms with Crippen molar-refractivity contribution >= 4 is 22.9 Å². The van der Waals surface area contributed by atoms with Crippen molar-refractivity contribution < 1.29 is 14.7 Å². The Morgan fingerprint density at radius 1 is 1.38 bits per heavy atom. The van der Waals surface area contributed by atoms with Crippen LogP contribution in [0.5, 0.6) is 0 Å². The van der Waals surface area contributed by atoms with E-state index in [2.05, 4.69) is 15.4 Å². The van der Waals surface area contributed by atoms with E-state index in [0.717, 1.165) is 11.0 Å². The molecule has 2 N–H and O–H groups in total. The Hall–Kier alpha value is -2.44. The molecule has 0 unspecified atom stereocenters. The monoisotopic (exact) mass is 332 g/mol. The molecule has 130 valence electrons. The standard InChI is InChI=1S/C17H24N4O3/c1-10(2)21-15-12(9-18-21)8-13(11(3)19-15)16(24)20-17(4,5)7-6-14(22)23/h8-10H,6-7H2,1-5H3,(H,20,24)(H,22,23). The van der Waals surface area contributed by atoms with Crippen LogP contribution >= 0.6 is 0 Å². The normalized spacial score (nSPS) is 11.9. The van der Waals surface area contributed by atoms with Gasteiger partial charge in [0.25, 0.3) is 5.91 Å². The van der Waals surface area contributed by atoms with E-state index in [1.165, 1.54) is 0 Å². The van der Waals surface area contributed by atoms with Gasteiger partial charge in [0.05, 0.1) is 17.5 Å². The zero-order valence-electron chi connectivity index (χ0n) is 14.8. The van der Waals surface area contributed by atoms with Crippen LogP contribution in [-0.4, -0.2) is 37.3 Å². The lowest BCUT2D eigenvalue weighted by atomic mass is 9.97. The molecule has 1 amide bonds. The van der Waals surface area contributed by atoms with Gasteiger partial charge in [-0.05, 0) is 47.1 Å². The van der Waals surface area contributed by atoms with Gasteiger partial charge in [-0.3, -0.25) is 9.59 Å². The maximum Gasteiger partial charge on any atom is 0.303 e. The molecule has 7 nitrogen and oxygen atoms in total. The van der Waals surface area contributed by atoms with Crippen LogP contribution in [0.25, 0.3) is 11.0 Å². The van der Waals surface area contributed by atoms with Gasteiger partial charge in [-0.15, -0.1) is 0 Å². The Labute approximate surface area is 141 Å². The summed E-state index contributed by atoms with van der Waals surface area (Å²) in [6.07, 6.45) is 2.06. The minimum atomic E-state index is -0.877. The number of aryl methyl sites for hydroxylation is 1. The van der Waals surface area contributed by atoms with Crippen LogP contribution in [0.1, 0.15) is 62.6 Å². The van der Waals surface area contributed by atoms with Crippen LogP contribution in [0.2, 0.25) is 0 Å². The minimum Gasteiger partial charge on any atom is -0.481 e. The summed E-state index contributed by atoms with van der Waals surface area (Å²) in [5, 5.41) is 16.8. The molecule has 0 aliphatic carbocycles. The maximum absolute atomic E-state index is 12.6. The number of carboxylic acid groups (broad SMARTS) is 1. The number of hydrogen-bond acceptors (Lipinski definition) is 4. The summed E-state index contributed by atoms with van der Waals surface area (Å²) < 4.78 is 1.82. The van der Waals surface area contributed by atoms with E-state index in [4.69, 9.17) is 5.11 Å². The number of carbonyl (C=O) groups excluding carboxylic acids is 1. The van der Waals surface area contributed by atoms with E-state index in [9.17, 15) is 9.59 Å². The van der Waals surface area contributed by atoms with Crippen LogP contribution < -0.4 is 5.32 Å². The molecule has 0 saturated carbocycles. The second-order valence-electron chi connectivity index (χ2n) is 6.95. The molecule has 2 heterocycles. The Balaban J connectivity index is 2.26. The zero-order chi connectivity index (χ0) is 18.1. The fourth-order valence-corrected chi connectivity index (χ4v) is 2.53. The Kier molecular flexibility index (Phi) is 4.91. The van der Waals surface area contributed by atoms with Gasteiger partial charge in [-0.1, -0.05) is 0 Å². The van der Waals surface area contributed by atoms with Gasteiger partial charge in [0, 0.05) is 23.4 Å². The highest BCUT2D eigenvalue weighted by Gasteiger charge is 2.24. The number of carbonyl (C=O) groups is 2. The molecule has 0 spiro atoms. The second-order valence-corrected chi connectivity index (χ2v) is 6.95. The van der Waals surface area contributed by atoms with Gasteiger partial charge in [0.15, 0.2) is 5.65 Å². The summed E-state index contributed by atoms with van der Waals surface area (Å²) in [6, 6.07) is 1.97. The first-order chi connectivity index (χ1) is 11.1. The summed E-state index contributed by atoms with van der Waals surface area (Å²) in [5.74, 6) is -1.13. The fraction of sp³-hybridized carbons (Fsp3) is 0.529. The first kappa shape index (κ1) is 17.9. The van der Waals surface area contributed by atoms with E-state index in [-0.39, 0.29) is 18.4 Å². The SMILES string of the molecule is Cc1nc2c(cnn2C(C)C)cc1C(=O)NC(C)(C)CCC(=O)O. The predicted octanol–water partition coefficient (Wildman–Crippen LogP) is 2.69. The second kappa shape index (κ2) is 6.59. The number of fused-ring (bicyclic) bond motifs is 1. The molecule has 2 aromatic heterocycles. The predicted molar refractivity (Wildman–Crippen MR) is 91.1 cm³/mol. The summed E-state index contributed by atoms with van der Waals surface area (Å²) in [5.41, 5.74) is 1.24. The lowest BCUT2D eigenvalue weighted by Gasteiger charge is -2.26. The largest absolute Gasteiger partial charge is 0.481 e. The molecule has 7 heteroatoms. The number of nitrogens with zero attached hydrogens (tertiary/aromatic N) is 3. The topological polar surface area (TPSA) is 97.1 Å². The minimum absolute atomic E-state index is 0.00467. The molecule has 0 fully saturated rings. The van der Waals surface area contributed by atoms with Gasteiger partial charge in [-0.2, -0.15) is 5.10 Å². The highest BCUT2D eigenvalue weighted by atomic mass is 16.4. The molecule has 0 atom stereocenters. The number of nitrogens with one attached hydrogen (secondary N) is 1. The van der Waals surface area contributed by atoms with Gasteiger partial charge < -0.3 is 10.4 Å². The average Bonchev–Trinajstić information content (AvgIpc) is 2.86. The third kappa shape index (κ3) is 3.90. The number of aromatic nitrogens is 3. The summed E-state index contributed by atoms with van der Waals surface area (Å²) in [6.45, 7) is 9.46. The van der Waals surface area contributed by atoms with Crippen LogP contribution in [0.15, 0.2) is 12.3 Å². The molecule has 2 rings (SSSR count). The van der Waals surface area contributed by atoms with Crippen molar-refractivity contribution in [2.24, 2.45) is 0 Å². The zero-order valence-corrected chi connectivity index (χ0v) is 14.8. The van der Waals surface area contributed by atoms with Crippen molar-refractivity contribution in [3.05, 3.63) is 23.5 Å². The van der Waals surface area contributed by atoms with Crippen LogP contribution in [-0.2, 0) is 4.79 Å². The lowest BCUT2D eigenvalue weighted by Crippen LogP contribution is -2.44. The van der Waals surface area contributed by atoms with Crippen LogP contribution in [0, 0.1) is 6.92 Å². The van der Waals surface area contributed by atoms with Crippen LogP contribution in [0.3, 0.4) is 0 Å². The molecule has 0 aliphatic rings. The van der Waals surface area contributed by atoms with Crippen LogP contribution in [0.4, 0.5) is 0 Å². The number of amides is 1. The Bertz CT molecular complexity index is 777. The van der Waals surface area contributed by atoms with E-state index in [0.29, 0.717) is 17.7 Å². The summed E-state index contributed by atoms with van der Waals surface area (Å²) >= 11 is 0. The highest BCUT2D eigenvalue weighted by molar-refractivity contribution is 5.98. The quantitative estimate of drug-likeness (QED) is 0.847. The number of pyridine rings is 1. The summed E-state index contributed by atoms with van der Waals surface area (Å²) in [7, 11) is 0. The van der Waals surface area contributed by atoms with Crippen molar-refractivity contribution in [1.29, 1.82) is 0 Å². The molecular weight excluding hydrogens is 308 g/mol. The average molecular weight is 332 g/mol. The van der Waals surface area contributed by atoms with E-state index in [1.54, 1.807) is 19.2 Å². The van der Waals surface area contributed by atoms with E-state index in [1.807, 2.05) is 32.4 Å².